The first-order valence-corrected chi connectivity index (χ1v) is 9.21. The molecular weight excluding hydrogens is 326 g/mol. The quantitative estimate of drug-likeness (QED) is 0.750. The number of rotatable bonds is 6. The van der Waals surface area contributed by atoms with Crippen LogP contribution in [0.25, 0.3) is 0 Å². The first-order valence-electron chi connectivity index (χ1n) is 9.21. The summed E-state index contributed by atoms with van der Waals surface area (Å²) in [4.78, 5) is 25.6. The molecule has 0 bridgehead atoms. The second-order valence-corrected chi connectivity index (χ2v) is 7.40. The van der Waals surface area contributed by atoms with Crippen molar-refractivity contribution in [2.24, 2.45) is 5.92 Å². The lowest BCUT2D eigenvalue weighted by Gasteiger charge is -2.24. The van der Waals surface area contributed by atoms with Gasteiger partial charge in [-0.05, 0) is 73.1 Å². The largest absolute Gasteiger partial charge is 0.493 e. The Balaban J connectivity index is 1.40. The molecule has 2 aliphatic carbocycles. The molecule has 134 valence electrons. The van der Waals surface area contributed by atoms with Gasteiger partial charge in [0.2, 0.25) is 0 Å². The minimum atomic E-state index is 0.0205. The molecule has 0 saturated heterocycles. The first-order chi connectivity index (χ1) is 12.6. The van der Waals surface area contributed by atoms with Crippen LogP contribution in [0.4, 0.5) is 0 Å². The Bertz CT molecular complexity index is 824. The van der Waals surface area contributed by atoms with Gasteiger partial charge in [-0.15, -0.1) is 0 Å². The number of ether oxygens (including phenoxy) is 1. The van der Waals surface area contributed by atoms with Gasteiger partial charge in [0, 0.05) is 24.2 Å². The number of nitrogens with zero attached hydrogens (tertiary/aromatic N) is 1. The topological polar surface area (TPSA) is 46.6 Å². The van der Waals surface area contributed by atoms with Gasteiger partial charge in [0.05, 0.1) is 6.61 Å². The van der Waals surface area contributed by atoms with Crippen molar-refractivity contribution in [2.45, 2.75) is 31.7 Å². The van der Waals surface area contributed by atoms with Crippen LogP contribution in [0.3, 0.4) is 0 Å². The van der Waals surface area contributed by atoms with Gasteiger partial charge in [-0.2, -0.15) is 0 Å². The van der Waals surface area contributed by atoms with E-state index in [1.54, 1.807) is 0 Å². The molecule has 26 heavy (non-hydrogen) atoms. The summed E-state index contributed by atoms with van der Waals surface area (Å²) in [5.74, 6) is 1.56. The van der Waals surface area contributed by atoms with Gasteiger partial charge in [-0.3, -0.25) is 9.59 Å². The molecule has 1 fully saturated rings. The average molecular weight is 349 g/mol. The van der Waals surface area contributed by atoms with Crippen molar-refractivity contribution in [1.82, 2.24) is 4.90 Å². The molecule has 0 aromatic heterocycles. The highest BCUT2D eigenvalue weighted by Crippen LogP contribution is 2.30. The molecule has 1 atom stereocenters. The van der Waals surface area contributed by atoms with Crippen LogP contribution in [0.15, 0.2) is 42.5 Å². The van der Waals surface area contributed by atoms with Crippen molar-refractivity contribution in [2.75, 3.05) is 13.7 Å². The van der Waals surface area contributed by atoms with E-state index in [-0.39, 0.29) is 11.9 Å². The monoisotopic (exact) mass is 349 g/mol. The maximum absolute atomic E-state index is 12.8. The fourth-order valence-electron chi connectivity index (χ4n) is 3.52. The Morgan fingerprint density at radius 1 is 1.12 bits per heavy atom. The molecule has 1 amide bonds. The van der Waals surface area contributed by atoms with E-state index in [9.17, 15) is 9.59 Å². The summed E-state index contributed by atoms with van der Waals surface area (Å²) in [5.41, 5.74) is 3.77. The van der Waals surface area contributed by atoms with Crippen LogP contribution in [-0.4, -0.2) is 36.8 Å². The molecule has 4 rings (SSSR count). The zero-order valence-electron chi connectivity index (χ0n) is 15.0. The molecule has 1 unspecified atom stereocenters. The van der Waals surface area contributed by atoms with Crippen LogP contribution in [0, 0.1) is 5.92 Å². The van der Waals surface area contributed by atoms with E-state index >= 15 is 0 Å². The van der Waals surface area contributed by atoms with Crippen molar-refractivity contribution in [3.8, 4) is 5.75 Å². The molecule has 2 aromatic rings. The number of hydrogen-bond acceptors (Lipinski definition) is 3. The number of fused-ring (bicyclic) bond motifs is 1. The Hall–Kier alpha value is -2.62. The number of benzene rings is 2. The number of amides is 1. The van der Waals surface area contributed by atoms with Crippen LogP contribution in [0.5, 0.6) is 5.75 Å². The maximum Gasteiger partial charge on any atom is 0.253 e. The normalized spacial score (nSPS) is 18.3. The minimum Gasteiger partial charge on any atom is -0.493 e. The second kappa shape index (κ2) is 6.94. The molecule has 0 N–H and O–H groups in total. The van der Waals surface area contributed by atoms with Crippen molar-refractivity contribution >= 4 is 12.2 Å². The molecule has 0 spiro atoms. The lowest BCUT2D eigenvalue weighted by atomic mass is 10.1. The highest BCUT2D eigenvalue weighted by molar-refractivity contribution is 5.94. The van der Waals surface area contributed by atoms with E-state index in [0.717, 1.165) is 31.5 Å². The number of carbonyl (C=O) groups excluding carboxylic acids is 2. The molecule has 0 heterocycles. The van der Waals surface area contributed by atoms with Gasteiger partial charge in [-0.1, -0.05) is 12.1 Å². The zero-order valence-corrected chi connectivity index (χ0v) is 15.0. The van der Waals surface area contributed by atoms with E-state index in [2.05, 4.69) is 0 Å². The van der Waals surface area contributed by atoms with Gasteiger partial charge in [0.1, 0.15) is 12.0 Å². The molecule has 2 aromatic carbocycles. The molecule has 0 aliphatic heterocycles. The van der Waals surface area contributed by atoms with Gasteiger partial charge in [0.15, 0.2) is 0 Å². The molecule has 4 nitrogen and oxygen atoms in total. The third-order valence-electron chi connectivity index (χ3n) is 5.43. The first kappa shape index (κ1) is 16.8. The van der Waals surface area contributed by atoms with Crippen LogP contribution >= 0.6 is 0 Å². The van der Waals surface area contributed by atoms with Crippen molar-refractivity contribution in [1.29, 1.82) is 0 Å². The third kappa shape index (κ3) is 3.50. The Morgan fingerprint density at radius 2 is 1.85 bits per heavy atom. The second-order valence-electron chi connectivity index (χ2n) is 7.40. The highest BCUT2D eigenvalue weighted by atomic mass is 16.5. The summed E-state index contributed by atoms with van der Waals surface area (Å²) in [5, 5.41) is 0. The number of aldehydes is 1. The summed E-state index contributed by atoms with van der Waals surface area (Å²) >= 11 is 0. The average Bonchev–Trinajstić information content (AvgIpc) is 3.41. The van der Waals surface area contributed by atoms with Gasteiger partial charge >= 0.3 is 0 Å². The Kier molecular flexibility index (Phi) is 4.49. The van der Waals surface area contributed by atoms with Crippen molar-refractivity contribution in [3.05, 3.63) is 64.7 Å². The predicted molar refractivity (Wildman–Crippen MR) is 99.8 cm³/mol. The predicted octanol–water partition coefficient (Wildman–Crippen LogP) is 3.53. The van der Waals surface area contributed by atoms with Crippen molar-refractivity contribution < 1.29 is 14.3 Å². The van der Waals surface area contributed by atoms with E-state index < -0.39 is 0 Å². The third-order valence-corrected chi connectivity index (χ3v) is 5.43. The van der Waals surface area contributed by atoms with Crippen LogP contribution in [0.1, 0.15) is 44.7 Å². The fourth-order valence-corrected chi connectivity index (χ4v) is 3.52. The number of hydrogen-bond donors (Lipinski definition) is 0. The molecule has 4 heteroatoms. The lowest BCUT2D eigenvalue weighted by Crippen LogP contribution is -2.37. The van der Waals surface area contributed by atoms with Crippen LogP contribution in [-0.2, 0) is 12.8 Å². The van der Waals surface area contributed by atoms with Crippen molar-refractivity contribution in [3.63, 3.8) is 0 Å². The van der Waals surface area contributed by atoms with Gasteiger partial charge in [0.25, 0.3) is 5.91 Å². The van der Waals surface area contributed by atoms with E-state index in [1.807, 2.05) is 54.4 Å². The van der Waals surface area contributed by atoms with E-state index in [0.29, 0.717) is 17.0 Å². The molecular formula is C22H23NO3. The fraction of sp³-hybridized carbons (Fsp3) is 0.364. The summed E-state index contributed by atoms with van der Waals surface area (Å²) in [6, 6.07) is 13.4. The molecule has 1 saturated carbocycles. The smallest absolute Gasteiger partial charge is 0.253 e. The lowest BCUT2D eigenvalue weighted by molar-refractivity contribution is 0.0737. The molecule has 2 aliphatic rings. The van der Waals surface area contributed by atoms with Gasteiger partial charge < -0.3 is 9.64 Å². The maximum atomic E-state index is 12.8. The SMILES string of the molecule is CN(C(=O)c1ccc(OCC2CC2)cc1)C1Cc2ccc(C=O)cc2C1. The number of likely N-dealkylation sites (N-methyl/N-ethyl adjacent to an activating group) is 1. The van der Waals surface area contributed by atoms with E-state index in [1.165, 1.54) is 24.0 Å². The summed E-state index contributed by atoms with van der Waals surface area (Å²) in [6.07, 6.45) is 5.02. The zero-order chi connectivity index (χ0) is 18.1. The molecule has 0 radical (unpaired) electrons. The standard InChI is InChI=1S/C22H23NO3/c1-23(20-11-18-5-4-16(13-24)10-19(18)12-20)22(25)17-6-8-21(9-7-17)26-14-15-2-3-15/h4-10,13,15,20H,2-3,11-12,14H2,1H3. The summed E-state index contributed by atoms with van der Waals surface area (Å²) in [7, 11) is 1.86. The number of carbonyl (C=O) groups is 2. The summed E-state index contributed by atoms with van der Waals surface area (Å²) < 4.78 is 5.74. The Labute approximate surface area is 153 Å². The van der Waals surface area contributed by atoms with Crippen LogP contribution < -0.4 is 4.74 Å². The van der Waals surface area contributed by atoms with Crippen LogP contribution in [0.2, 0.25) is 0 Å². The highest BCUT2D eigenvalue weighted by Gasteiger charge is 2.28. The minimum absolute atomic E-state index is 0.0205. The van der Waals surface area contributed by atoms with Gasteiger partial charge in [-0.25, -0.2) is 0 Å². The Morgan fingerprint density at radius 3 is 2.54 bits per heavy atom. The van der Waals surface area contributed by atoms with E-state index in [4.69, 9.17) is 4.74 Å². The summed E-state index contributed by atoms with van der Waals surface area (Å²) in [6.45, 7) is 0.774.